The number of piperidine rings is 1. The molecule has 3 aromatic rings. The normalized spacial score (nSPS) is 25.2. The summed E-state index contributed by atoms with van der Waals surface area (Å²) in [5.74, 6) is 3.56. The molecule has 2 aromatic heterocycles. The molecule has 1 saturated carbocycles. The zero-order chi connectivity index (χ0) is 16.8. The van der Waals surface area contributed by atoms with Gasteiger partial charge in [0.2, 0.25) is 0 Å². The number of likely N-dealkylation sites (tertiary alicyclic amines) is 1. The summed E-state index contributed by atoms with van der Waals surface area (Å²) in [7, 11) is 2.16. The van der Waals surface area contributed by atoms with E-state index >= 15 is 0 Å². The van der Waals surface area contributed by atoms with Crippen molar-refractivity contribution in [3.8, 4) is 0 Å². The van der Waals surface area contributed by atoms with E-state index in [1.165, 1.54) is 18.7 Å². The summed E-state index contributed by atoms with van der Waals surface area (Å²) in [5.41, 5.74) is 2.34. The highest BCUT2D eigenvalue weighted by atomic mass is 15.2. The van der Waals surface area contributed by atoms with Gasteiger partial charge in [0.1, 0.15) is 17.8 Å². The van der Waals surface area contributed by atoms with Gasteiger partial charge in [0.25, 0.3) is 0 Å². The molecular weight excluding hydrogens is 310 g/mol. The van der Waals surface area contributed by atoms with Crippen molar-refractivity contribution in [1.29, 1.82) is 0 Å². The molecule has 0 bridgehead atoms. The minimum atomic E-state index is 0.806. The molecule has 1 saturated heterocycles. The Hall–Kier alpha value is -2.40. The van der Waals surface area contributed by atoms with Gasteiger partial charge in [-0.05, 0) is 29.4 Å². The van der Waals surface area contributed by atoms with Gasteiger partial charge in [-0.2, -0.15) is 0 Å². The third-order valence-electron chi connectivity index (χ3n) is 5.88. The van der Waals surface area contributed by atoms with Crippen LogP contribution in [0.15, 0.2) is 48.9 Å². The summed E-state index contributed by atoms with van der Waals surface area (Å²) in [5, 5.41) is 1.11. The monoisotopic (exact) mass is 333 g/mol. The second-order valence-electron chi connectivity index (χ2n) is 7.49. The van der Waals surface area contributed by atoms with Crippen LogP contribution in [0, 0.1) is 17.8 Å². The summed E-state index contributed by atoms with van der Waals surface area (Å²) in [6.45, 7) is 4.65. The molecule has 1 N–H and O–H groups in total. The van der Waals surface area contributed by atoms with Crippen LogP contribution in [-0.4, -0.2) is 46.5 Å². The van der Waals surface area contributed by atoms with Crippen LogP contribution >= 0.6 is 0 Å². The van der Waals surface area contributed by atoms with Gasteiger partial charge in [-0.15, -0.1) is 0 Å². The predicted molar refractivity (Wildman–Crippen MR) is 99.3 cm³/mol. The van der Waals surface area contributed by atoms with Crippen molar-refractivity contribution >= 4 is 16.9 Å². The lowest BCUT2D eigenvalue weighted by Gasteiger charge is -2.23. The lowest BCUT2D eigenvalue weighted by atomic mass is 10.2. The summed E-state index contributed by atoms with van der Waals surface area (Å²) >= 11 is 0. The fourth-order valence-corrected chi connectivity index (χ4v) is 4.54. The molecule has 3 atom stereocenters. The molecule has 2 fully saturated rings. The number of benzene rings is 1. The zero-order valence-electron chi connectivity index (χ0n) is 14.5. The maximum atomic E-state index is 4.51. The van der Waals surface area contributed by atoms with Gasteiger partial charge < -0.3 is 9.88 Å². The molecule has 1 aliphatic carbocycles. The van der Waals surface area contributed by atoms with Crippen molar-refractivity contribution in [2.45, 2.75) is 6.54 Å². The molecule has 5 rings (SSSR count). The van der Waals surface area contributed by atoms with E-state index in [9.17, 15) is 0 Å². The summed E-state index contributed by atoms with van der Waals surface area (Å²) in [6.07, 6.45) is 3.59. The number of aromatic amines is 1. The van der Waals surface area contributed by atoms with Gasteiger partial charge >= 0.3 is 0 Å². The molecule has 128 valence electrons. The van der Waals surface area contributed by atoms with Crippen molar-refractivity contribution in [2.75, 3.05) is 31.6 Å². The maximum absolute atomic E-state index is 4.51. The van der Waals surface area contributed by atoms with Crippen LogP contribution in [0.25, 0.3) is 11.0 Å². The van der Waals surface area contributed by atoms with Crippen molar-refractivity contribution in [1.82, 2.24) is 19.9 Å². The molecule has 25 heavy (non-hydrogen) atoms. The van der Waals surface area contributed by atoms with Crippen LogP contribution in [0.4, 0.5) is 5.82 Å². The second-order valence-corrected chi connectivity index (χ2v) is 7.49. The molecule has 1 aliphatic heterocycles. The van der Waals surface area contributed by atoms with E-state index < -0.39 is 0 Å². The molecule has 0 spiro atoms. The minimum absolute atomic E-state index is 0.806. The Bertz CT molecular complexity index is 862. The number of hydrogen-bond donors (Lipinski definition) is 1. The molecule has 0 radical (unpaired) electrons. The number of H-pyrrole nitrogens is 1. The zero-order valence-corrected chi connectivity index (χ0v) is 14.5. The van der Waals surface area contributed by atoms with Gasteiger partial charge in [-0.3, -0.25) is 4.90 Å². The third-order valence-corrected chi connectivity index (χ3v) is 5.88. The van der Waals surface area contributed by atoms with E-state index in [0.717, 1.165) is 47.7 Å². The Morgan fingerprint density at radius 3 is 2.72 bits per heavy atom. The van der Waals surface area contributed by atoms with E-state index in [0.29, 0.717) is 0 Å². The van der Waals surface area contributed by atoms with Crippen molar-refractivity contribution in [3.63, 3.8) is 0 Å². The number of rotatable bonds is 5. The highest BCUT2D eigenvalue weighted by Crippen LogP contribution is 2.52. The summed E-state index contributed by atoms with van der Waals surface area (Å²) in [6, 6.07) is 12.9. The number of nitrogens with one attached hydrogen (secondary N) is 1. The largest absolute Gasteiger partial charge is 0.359 e. The highest BCUT2D eigenvalue weighted by Gasteiger charge is 2.55. The maximum Gasteiger partial charge on any atom is 0.142 e. The van der Waals surface area contributed by atoms with Crippen LogP contribution in [0.5, 0.6) is 0 Å². The van der Waals surface area contributed by atoms with Gasteiger partial charge in [-0.25, -0.2) is 9.97 Å². The van der Waals surface area contributed by atoms with Crippen LogP contribution in [0.1, 0.15) is 5.56 Å². The molecular formula is C20H23N5. The predicted octanol–water partition coefficient (Wildman–Crippen LogP) is 2.77. The first-order chi connectivity index (χ1) is 12.3. The quantitative estimate of drug-likeness (QED) is 0.780. The van der Waals surface area contributed by atoms with Crippen LogP contribution in [0.2, 0.25) is 0 Å². The second kappa shape index (κ2) is 5.85. The molecule has 1 unspecified atom stereocenters. The molecule has 5 heteroatoms. The topological polar surface area (TPSA) is 48.1 Å². The molecule has 1 aromatic carbocycles. The van der Waals surface area contributed by atoms with Crippen molar-refractivity contribution in [2.24, 2.45) is 17.8 Å². The van der Waals surface area contributed by atoms with Gasteiger partial charge in [-0.1, -0.05) is 30.3 Å². The van der Waals surface area contributed by atoms with E-state index in [4.69, 9.17) is 0 Å². The lowest BCUT2D eigenvalue weighted by molar-refractivity contribution is 0.278. The Labute approximate surface area is 147 Å². The Balaban J connectivity index is 1.20. The van der Waals surface area contributed by atoms with Crippen molar-refractivity contribution in [3.05, 3.63) is 54.5 Å². The van der Waals surface area contributed by atoms with E-state index in [1.807, 2.05) is 6.20 Å². The standard InChI is InChI=1S/C20H23N5/c1-24(20-15-7-8-21-19(15)22-13-23-20)10-16-17-11-25(12-18(16)17)9-14-5-3-2-4-6-14/h2-8,13,16-18H,9-12H2,1H3,(H,21,22,23)/t16-,17-,18?/m0/s1. The number of aromatic nitrogens is 3. The summed E-state index contributed by atoms with van der Waals surface area (Å²) < 4.78 is 0. The average molecular weight is 333 g/mol. The molecule has 3 heterocycles. The number of hydrogen-bond acceptors (Lipinski definition) is 4. The molecule has 2 aliphatic rings. The minimum Gasteiger partial charge on any atom is -0.359 e. The smallest absolute Gasteiger partial charge is 0.142 e. The van der Waals surface area contributed by atoms with Crippen LogP contribution < -0.4 is 4.90 Å². The van der Waals surface area contributed by atoms with E-state index in [-0.39, 0.29) is 0 Å². The molecule has 5 nitrogen and oxygen atoms in total. The van der Waals surface area contributed by atoms with Gasteiger partial charge in [0.05, 0.1) is 5.39 Å². The first kappa shape index (κ1) is 14.9. The number of fused-ring (bicyclic) bond motifs is 2. The fourth-order valence-electron chi connectivity index (χ4n) is 4.54. The third kappa shape index (κ3) is 2.68. The van der Waals surface area contributed by atoms with Crippen molar-refractivity contribution < 1.29 is 0 Å². The SMILES string of the molecule is CN(C[C@@H]1C2CN(Cc3ccccc3)C[C@H]21)c1ncnc2[nH]ccc12. The Morgan fingerprint density at radius 2 is 1.92 bits per heavy atom. The Kier molecular flexibility index (Phi) is 3.48. The number of anilines is 1. The fraction of sp³-hybridized carbons (Fsp3) is 0.400. The van der Waals surface area contributed by atoms with Crippen LogP contribution in [-0.2, 0) is 6.54 Å². The van der Waals surface area contributed by atoms with E-state index in [1.54, 1.807) is 6.33 Å². The summed E-state index contributed by atoms with van der Waals surface area (Å²) in [4.78, 5) is 16.9. The average Bonchev–Trinajstić information content (AvgIpc) is 3.01. The van der Waals surface area contributed by atoms with E-state index in [2.05, 4.69) is 68.2 Å². The Morgan fingerprint density at radius 1 is 1.12 bits per heavy atom. The first-order valence-corrected chi connectivity index (χ1v) is 9.05. The van der Waals surface area contributed by atoms with Gasteiger partial charge in [0, 0.05) is 39.4 Å². The highest BCUT2D eigenvalue weighted by molar-refractivity contribution is 5.87. The molecule has 0 amide bonds. The number of nitrogens with zero attached hydrogens (tertiary/aromatic N) is 4. The lowest BCUT2D eigenvalue weighted by Crippen LogP contribution is -2.29. The van der Waals surface area contributed by atoms with Crippen LogP contribution in [0.3, 0.4) is 0 Å². The first-order valence-electron chi connectivity index (χ1n) is 9.05. The van der Waals surface area contributed by atoms with Gasteiger partial charge in [0.15, 0.2) is 0 Å².